The third-order valence-electron chi connectivity index (χ3n) is 4.99. The van der Waals surface area contributed by atoms with Gasteiger partial charge in [0.1, 0.15) is 0 Å². The van der Waals surface area contributed by atoms with Gasteiger partial charge in [0.05, 0.1) is 0 Å². The number of rotatable bonds is 8. The van der Waals surface area contributed by atoms with Crippen LogP contribution in [-0.2, 0) is 20.8 Å². The van der Waals surface area contributed by atoms with E-state index in [2.05, 4.69) is 41.4 Å². The Kier molecular flexibility index (Phi) is 7.54. The van der Waals surface area contributed by atoms with Gasteiger partial charge in [0.2, 0.25) is 0 Å². The van der Waals surface area contributed by atoms with Crippen LogP contribution in [-0.4, -0.2) is 49.9 Å². The maximum absolute atomic E-state index is 12.0. The molecule has 7 heteroatoms. The second kappa shape index (κ2) is 10.7. The van der Waals surface area contributed by atoms with Gasteiger partial charge in [-0.15, -0.1) is 0 Å². The number of hydrogen-bond acceptors (Lipinski definition) is 5. The van der Waals surface area contributed by atoms with Crippen molar-refractivity contribution in [2.75, 3.05) is 13.2 Å². The standard InChI is InChI=1S/C24H26N2O4Se/c1-2-29-24(27)26-14-21(25-17-26)23-22(31-20-11-7-4-8-12-20)13-19(30-23)16-28-15-18-9-5-3-6-10-18/h3-12,14,17,19,22-23H,2,13,15-16H2,1H3/t19-,22-,23+/m1/s1. The third kappa shape index (κ3) is 5.83. The van der Waals surface area contributed by atoms with Crippen molar-refractivity contribution in [3.8, 4) is 0 Å². The van der Waals surface area contributed by atoms with Crippen LogP contribution in [0.4, 0.5) is 4.79 Å². The molecule has 0 spiro atoms. The molecule has 162 valence electrons. The molecular weight excluding hydrogens is 459 g/mol. The van der Waals surface area contributed by atoms with Crippen LogP contribution in [0.2, 0.25) is 4.82 Å². The number of ether oxygens (including phenoxy) is 3. The summed E-state index contributed by atoms with van der Waals surface area (Å²) in [6.45, 7) is 3.21. The molecule has 1 aromatic heterocycles. The van der Waals surface area contributed by atoms with E-state index >= 15 is 0 Å². The first-order chi connectivity index (χ1) is 15.2. The van der Waals surface area contributed by atoms with E-state index in [0.717, 1.165) is 17.7 Å². The summed E-state index contributed by atoms with van der Waals surface area (Å²) in [5.41, 5.74) is 1.91. The molecule has 2 heterocycles. The van der Waals surface area contributed by atoms with Gasteiger partial charge in [-0.05, 0) is 0 Å². The van der Waals surface area contributed by atoms with Crippen LogP contribution in [0.1, 0.15) is 30.7 Å². The summed E-state index contributed by atoms with van der Waals surface area (Å²) in [7, 11) is 0. The molecule has 0 bridgehead atoms. The summed E-state index contributed by atoms with van der Waals surface area (Å²) in [5.74, 6) is 0. The summed E-state index contributed by atoms with van der Waals surface area (Å²) in [6.07, 6.45) is 3.54. The predicted molar refractivity (Wildman–Crippen MR) is 119 cm³/mol. The van der Waals surface area contributed by atoms with Crippen LogP contribution >= 0.6 is 0 Å². The molecule has 6 nitrogen and oxygen atoms in total. The molecule has 1 aliphatic rings. The first-order valence-corrected chi connectivity index (χ1v) is 12.3. The Morgan fingerprint density at radius 2 is 1.90 bits per heavy atom. The van der Waals surface area contributed by atoms with E-state index in [1.54, 1.807) is 13.1 Å². The fourth-order valence-corrected chi connectivity index (χ4v) is 6.28. The van der Waals surface area contributed by atoms with Gasteiger partial charge < -0.3 is 0 Å². The number of benzene rings is 2. The van der Waals surface area contributed by atoms with Gasteiger partial charge in [-0.1, -0.05) is 0 Å². The quantitative estimate of drug-likeness (QED) is 0.455. The summed E-state index contributed by atoms with van der Waals surface area (Å²) >= 11 is 0.216. The van der Waals surface area contributed by atoms with Gasteiger partial charge in [0, 0.05) is 0 Å². The average molecular weight is 485 g/mol. The minimum absolute atomic E-state index is 0.00274. The van der Waals surface area contributed by atoms with Crippen LogP contribution in [0.25, 0.3) is 0 Å². The molecule has 0 amide bonds. The second-order valence-electron chi connectivity index (χ2n) is 7.29. The molecule has 0 radical (unpaired) electrons. The Morgan fingerprint density at radius 3 is 2.65 bits per heavy atom. The number of nitrogens with zero attached hydrogens (tertiary/aromatic N) is 2. The Balaban J connectivity index is 1.44. The van der Waals surface area contributed by atoms with E-state index in [9.17, 15) is 4.79 Å². The number of carbonyl (C=O) groups excluding carboxylic acids is 1. The van der Waals surface area contributed by atoms with Crippen LogP contribution in [0.3, 0.4) is 0 Å². The summed E-state index contributed by atoms with van der Waals surface area (Å²) in [5, 5.41) is 0. The number of carbonyl (C=O) groups is 1. The van der Waals surface area contributed by atoms with Crippen LogP contribution in [0, 0.1) is 0 Å². The fraction of sp³-hybridized carbons (Fsp3) is 0.333. The van der Waals surface area contributed by atoms with Crippen molar-refractivity contribution in [1.29, 1.82) is 0 Å². The van der Waals surface area contributed by atoms with Gasteiger partial charge in [-0.3, -0.25) is 0 Å². The molecule has 1 aliphatic heterocycles. The molecule has 0 saturated carbocycles. The number of hydrogen-bond donors (Lipinski definition) is 0. The molecule has 0 unspecified atom stereocenters. The number of imidazole rings is 1. The second-order valence-corrected chi connectivity index (χ2v) is 10.0. The van der Waals surface area contributed by atoms with Crippen molar-refractivity contribution in [3.05, 3.63) is 84.4 Å². The van der Waals surface area contributed by atoms with Gasteiger partial charge in [0.25, 0.3) is 0 Å². The van der Waals surface area contributed by atoms with Crippen LogP contribution in [0.15, 0.2) is 73.2 Å². The van der Waals surface area contributed by atoms with Gasteiger partial charge in [-0.2, -0.15) is 0 Å². The van der Waals surface area contributed by atoms with E-state index in [4.69, 9.17) is 14.2 Å². The molecule has 31 heavy (non-hydrogen) atoms. The minimum atomic E-state index is -0.424. The zero-order chi connectivity index (χ0) is 21.5. The molecule has 2 aromatic carbocycles. The Labute approximate surface area is 188 Å². The molecular formula is C24H26N2O4Se. The average Bonchev–Trinajstić information content (AvgIpc) is 3.43. The van der Waals surface area contributed by atoms with E-state index in [1.807, 2.05) is 24.3 Å². The van der Waals surface area contributed by atoms with Crippen molar-refractivity contribution < 1.29 is 19.0 Å². The molecule has 3 atom stereocenters. The van der Waals surface area contributed by atoms with Crippen molar-refractivity contribution >= 4 is 25.5 Å². The molecule has 3 aromatic rings. The van der Waals surface area contributed by atoms with E-state index in [0.29, 0.717) is 24.6 Å². The van der Waals surface area contributed by atoms with Crippen molar-refractivity contribution in [2.24, 2.45) is 0 Å². The van der Waals surface area contributed by atoms with Gasteiger partial charge in [0.15, 0.2) is 0 Å². The Hall–Kier alpha value is -2.44. The normalized spacial score (nSPS) is 20.6. The van der Waals surface area contributed by atoms with Crippen molar-refractivity contribution in [2.45, 2.75) is 37.0 Å². The third-order valence-corrected chi connectivity index (χ3v) is 7.69. The first kappa shape index (κ1) is 21.8. The number of aromatic nitrogens is 2. The summed E-state index contributed by atoms with van der Waals surface area (Å²) in [4.78, 5) is 16.8. The molecule has 1 saturated heterocycles. The van der Waals surface area contributed by atoms with Crippen molar-refractivity contribution in [1.82, 2.24) is 9.55 Å². The zero-order valence-electron chi connectivity index (χ0n) is 17.4. The fourth-order valence-electron chi connectivity index (χ4n) is 3.55. The van der Waals surface area contributed by atoms with Crippen molar-refractivity contribution in [3.63, 3.8) is 0 Å². The predicted octanol–water partition coefficient (Wildman–Crippen LogP) is 3.75. The zero-order valence-corrected chi connectivity index (χ0v) is 19.1. The van der Waals surface area contributed by atoms with E-state index < -0.39 is 6.09 Å². The van der Waals surface area contributed by atoms with Gasteiger partial charge in [-0.25, -0.2) is 0 Å². The van der Waals surface area contributed by atoms with E-state index in [1.165, 1.54) is 15.4 Å². The van der Waals surface area contributed by atoms with Gasteiger partial charge >= 0.3 is 189 Å². The SMILES string of the molecule is CCOC(=O)n1cnc([C@@H]2O[C@@H](COCc3ccccc3)C[C@H]2[Se]c2ccccc2)c1. The monoisotopic (exact) mass is 486 g/mol. The van der Waals surface area contributed by atoms with E-state index in [-0.39, 0.29) is 27.2 Å². The van der Waals surface area contributed by atoms with Crippen LogP contribution in [0.5, 0.6) is 0 Å². The molecule has 4 rings (SSSR count). The molecule has 0 N–H and O–H groups in total. The van der Waals surface area contributed by atoms with Crippen LogP contribution < -0.4 is 4.46 Å². The summed E-state index contributed by atoms with van der Waals surface area (Å²) < 4.78 is 20.1. The topological polar surface area (TPSA) is 62.6 Å². The summed E-state index contributed by atoms with van der Waals surface area (Å²) in [6, 6.07) is 20.6. The maximum atomic E-state index is 12.0. The Bertz CT molecular complexity index is 964. The molecule has 1 fully saturated rings. The molecule has 0 aliphatic carbocycles. The first-order valence-electron chi connectivity index (χ1n) is 10.4. The Morgan fingerprint density at radius 1 is 1.16 bits per heavy atom.